The first-order valence-corrected chi connectivity index (χ1v) is 5.56. The van der Waals surface area contributed by atoms with Crippen molar-refractivity contribution in [2.24, 2.45) is 0 Å². The second kappa shape index (κ2) is 6.54. The Morgan fingerprint density at radius 1 is 0.824 bits per heavy atom. The molecule has 0 spiro atoms. The van der Waals surface area contributed by atoms with Crippen molar-refractivity contribution in [3.8, 4) is 5.75 Å². The molecule has 0 saturated carbocycles. The number of hydrogen-bond donors (Lipinski definition) is 1. The average Bonchev–Trinajstić information content (AvgIpc) is 2.35. The monoisotopic (exact) mass is 226 g/mol. The van der Waals surface area contributed by atoms with E-state index in [9.17, 15) is 0 Å². The van der Waals surface area contributed by atoms with Gasteiger partial charge in [0.2, 0.25) is 0 Å². The fourth-order valence-corrected chi connectivity index (χ4v) is 1.25. The van der Waals surface area contributed by atoms with Gasteiger partial charge in [0, 0.05) is 0 Å². The van der Waals surface area contributed by atoms with Crippen molar-refractivity contribution < 1.29 is 5.11 Å². The Morgan fingerprint density at radius 3 is 1.59 bits per heavy atom. The van der Waals surface area contributed by atoms with Gasteiger partial charge in [-0.05, 0) is 31.5 Å². The van der Waals surface area contributed by atoms with Crippen LogP contribution in [0.2, 0.25) is 0 Å². The van der Waals surface area contributed by atoms with E-state index < -0.39 is 0 Å². The van der Waals surface area contributed by atoms with Crippen molar-refractivity contribution in [1.29, 1.82) is 0 Å². The molecule has 88 valence electrons. The Bertz CT molecular complexity index is 431. The topological polar surface area (TPSA) is 20.2 Å². The van der Waals surface area contributed by atoms with E-state index in [-0.39, 0.29) is 0 Å². The Balaban J connectivity index is 0.000000171. The summed E-state index contributed by atoms with van der Waals surface area (Å²) in [4.78, 5) is 0. The van der Waals surface area contributed by atoms with E-state index in [1.165, 1.54) is 16.7 Å². The van der Waals surface area contributed by atoms with Gasteiger partial charge in [0.05, 0.1) is 0 Å². The summed E-state index contributed by atoms with van der Waals surface area (Å²) in [7, 11) is 0. The molecule has 0 unspecified atom stereocenters. The summed E-state index contributed by atoms with van der Waals surface area (Å²) >= 11 is 0. The van der Waals surface area contributed by atoms with E-state index in [0.717, 1.165) is 0 Å². The molecule has 0 aliphatic heterocycles. The second-order valence-electron chi connectivity index (χ2n) is 3.95. The van der Waals surface area contributed by atoms with Crippen molar-refractivity contribution in [1.82, 2.24) is 0 Å². The van der Waals surface area contributed by atoms with Gasteiger partial charge in [-0.15, -0.1) is 0 Å². The first kappa shape index (κ1) is 13.0. The molecule has 2 aromatic carbocycles. The van der Waals surface area contributed by atoms with Crippen LogP contribution < -0.4 is 0 Å². The molecule has 2 aromatic rings. The number of phenolic OH excluding ortho intramolecular Hbond substituents is 1. The maximum absolute atomic E-state index is 8.76. The summed E-state index contributed by atoms with van der Waals surface area (Å²) in [6, 6.07) is 15.4. The Labute approximate surface area is 103 Å². The van der Waals surface area contributed by atoms with Crippen LogP contribution in [0.5, 0.6) is 5.75 Å². The number of benzene rings is 2. The van der Waals surface area contributed by atoms with Crippen molar-refractivity contribution in [3.05, 3.63) is 71.8 Å². The molecule has 2 rings (SSSR count). The molecule has 1 heteroatoms. The van der Waals surface area contributed by atoms with E-state index in [2.05, 4.69) is 37.8 Å². The molecule has 0 heterocycles. The normalized spacial score (nSPS) is 9.06. The van der Waals surface area contributed by atoms with Gasteiger partial charge in [-0.1, -0.05) is 60.2 Å². The zero-order valence-corrected chi connectivity index (χ0v) is 10.4. The first-order valence-electron chi connectivity index (χ1n) is 5.56. The molecular weight excluding hydrogens is 208 g/mol. The summed E-state index contributed by atoms with van der Waals surface area (Å²) < 4.78 is 0. The van der Waals surface area contributed by atoms with Crippen LogP contribution >= 0.6 is 0 Å². The van der Waals surface area contributed by atoms with Crippen molar-refractivity contribution >= 4 is 6.08 Å². The van der Waals surface area contributed by atoms with Crippen molar-refractivity contribution in [3.63, 3.8) is 0 Å². The molecule has 0 aromatic heterocycles. The third-order valence-corrected chi connectivity index (χ3v) is 2.35. The predicted molar refractivity (Wildman–Crippen MR) is 74.1 cm³/mol. The summed E-state index contributed by atoms with van der Waals surface area (Å²) in [5, 5.41) is 8.76. The summed E-state index contributed by atoms with van der Waals surface area (Å²) in [6.07, 6.45) is 1.85. The molecule has 0 amide bonds. The average molecular weight is 226 g/mol. The van der Waals surface area contributed by atoms with Gasteiger partial charge >= 0.3 is 0 Å². The molecular formula is C16H18O. The van der Waals surface area contributed by atoms with Crippen LogP contribution in [0.3, 0.4) is 0 Å². The highest BCUT2D eigenvalue weighted by Crippen LogP contribution is 2.07. The summed E-state index contributed by atoms with van der Waals surface area (Å²) in [5.74, 6) is 0.329. The van der Waals surface area contributed by atoms with Gasteiger partial charge in [0.25, 0.3) is 0 Å². The maximum Gasteiger partial charge on any atom is 0.115 e. The predicted octanol–water partition coefficient (Wildman–Crippen LogP) is 4.34. The Kier molecular flexibility index (Phi) is 5.02. The highest BCUT2D eigenvalue weighted by Gasteiger charge is 1.82. The first-order chi connectivity index (χ1) is 8.11. The zero-order chi connectivity index (χ0) is 12.7. The molecule has 1 nitrogen and oxygen atoms in total. The lowest BCUT2D eigenvalue weighted by Crippen LogP contribution is -1.71. The number of rotatable bonds is 1. The summed E-state index contributed by atoms with van der Waals surface area (Å²) in [5.41, 5.74) is 3.64. The van der Waals surface area contributed by atoms with Gasteiger partial charge in [0.15, 0.2) is 0 Å². The third-order valence-electron chi connectivity index (χ3n) is 2.35. The Morgan fingerprint density at radius 2 is 1.24 bits per heavy atom. The number of hydrogen-bond acceptors (Lipinski definition) is 1. The van der Waals surface area contributed by atoms with E-state index in [4.69, 9.17) is 5.11 Å². The minimum Gasteiger partial charge on any atom is -0.508 e. The number of phenols is 1. The maximum atomic E-state index is 8.76. The van der Waals surface area contributed by atoms with Crippen molar-refractivity contribution in [2.45, 2.75) is 13.8 Å². The van der Waals surface area contributed by atoms with Gasteiger partial charge in [0.1, 0.15) is 5.75 Å². The Hall–Kier alpha value is -2.02. The van der Waals surface area contributed by atoms with Crippen LogP contribution in [0.1, 0.15) is 16.7 Å². The minimum atomic E-state index is 0.329. The molecule has 0 aliphatic carbocycles. The highest BCUT2D eigenvalue weighted by atomic mass is 16.3. The lowest BCUT2D eigenvalue weighted by Gasteiger charge is -1.91. The third kappa shape index (κ3) is 5.03. The van der Waals surface area contributed by atoms with Crippen LogP contribution in [-0.2, 0) is 0 Å². The van der Waals surface area contributed by atoms with Gasteiger partial charge in [-0.3, -0.25) is 0 Å². The zero-order valence-electron chi connectivity index (χ0n) is 10.4. The lowest BCUT2D eigenvalue weighted by molar-refractivity contribution is 0.475. The fourth-order valence-electron chi connectivity index (χ4n) is 1.25. The molecule has 17 heavy (non-hydrogen) atoms. The molecule has 0 fully saturated rings. The van der Waals surface area contributed by atoms with Crippen LogP contribution in [0.4, 0.5) is 0 Å². The van der Waals surface area contributed by atoms with Crippen LogP contribution in [0, 0.1) is 13.8 Å². The van der Waals surface area contributed by atoms with Crippen LogP contribution in [0.15, 0.2) is 55.1 Å². The standard InChI is InChI=1S/C9H10.C7H8O/c1-3-9-6-4-8(2)5-7-9;1-6-2-4-7(8)5-3-6/h3-7H,1H2,2H3;2-5,8H,1H3. The molecule has 0 saturated heterocycles. The lowest BCUT2D eigenvalue weighted by atomic mass is 10.2. The van der Waals surface area contributed by atoms with Gasteiger partial charge in [-0.25, -0.2) is 0 Å². The van der Waals surface area contributed by atoms with E-state index in [0.29, 0.717) is 5.75 Å². The molecule has 1 N–H and O–H groups in total. The van der Waals surface area contributed by atoms with Crippen molar-refractivity contribution in [2.75, 3.05) is 0 Å². The molecule has 0 bridgehead atoms. The number of aromatic hydroxyl groups is 1. The second-order valence-corrected chi connectivity index (χ2v) is 3.95. The smallest absolute Gasteiger partial charge is 0.115 e. The quantitative estimate of drug-likeness (QED) is 0.767. The SMILES string of the molecule is C=Cc1ccc(C)cc1.Cc1ccc(O)cc1. The summed E-state index contributed by atoms with van der Waals surface area (Å²) in [6.45, 7) is 7.72. The van der Waals surface area contributed by atoms with E-state index in [1.807, 2.05) is 25.1 Å². The molecule has 0 atom stereocenters. The van der Waals surface area contributed by atoms with Gasteiger partial charge < -0.3 is 5.11 Å². The molecule has 0 radical (unpaired) electrons. The fraction of sp³-hybridized carbons (Fsp3) is 0.125. The number of aryl methyl sites for hydroxylation is 2. The van der Waals surface area contributed by atoms with Crippen LogP contribution in [-0.4, -0.2) is 5.11 Å². The van der Waals surface area contributed by atoms with E-state index in [1.54, 1.807) is 12.1 Å². The minimum absolute atomic E-state index is 0.329. The van der Waals surface area contributed by atoms with Crippen LogP contribution in [0.25, 0.3) is 6.08 Å². The van der Waals surface area contributed by atoms with Gasteiger partial charge in [-0.2, -0.15) is 0 Å². The largest absolute Gasteiger partial charge is 0.508 e. The van der Waals surface area contributed by atoms with E-state index >= 15 is 0 Å². The molecule has 0 aliphatic rings. The highest BCUT2D eigenvalue weighted by molar-refractivity contribution is 5.46.